The average molecular weight is 707 g/mol. The molecule has 1 fully saturated rings. The number of carbonyl (C=O) groups is 2. The zero-order valence-electron chi connectivity index (χ0n) is 28.1. The van der Waals surface area contributed by atoms with E-state index in [1.165, 1.54) is 34.6 Å². The monoisotopic (exact) mass is 706 g/mol. The van der Waals surface area contributed by atoms with Crippen molar-refractivity contribution in [3.63, 3.8) is 0 Å². The van der Waals surface area contributed by atoms with Crippen molar-refractivity contribution in [3.05, 3.63) is 76.9 Å². The van der Waals surface area contributed by atoms with Crippen LogP contribution in [0, 0.1) is 6.92 Å². The first-order valence-electron chi connectivity index (χ1n) is 16.4. The number of carbonyl (C=O) groups excluding carboxylic acids is 2. The Balaban J connectivity index is 1.20. The molecule has 0 aliphatic carbocycles. The van der Waals surface area contributed by atoms with Gasteiger partial charge in [0.15, 0.2) is 11.2 Å². The highest BCUT2D eigenvalue weighted by Crippen LogP contribution is 2.38. The number of aryl methyl sites for hydroxylation is 1. The molecule has 2 atom stereocenters. The molecule has 5 aromatic rings. The third-order valence-corrected chi connectivity index (χ3v) is 9.72. The zero-order chi connectivity index (χ0) is 35.3. The highest BCUT2D eigenvalue weighted by Gasteiger charge is 2.35. The second-order valence-corrected chi connectivity index (χ2v) is 14.5. The Bertz CT molecular complexity index is 2030. The molecule has 2 amide bonds. The summed E-state index contributed by atoms with van der Waals surface area (Å²) in [5.41, 5.74) is 3.36. The number of nitrogens with one attached hydrogen (secondary N) is 1. The van der Waals surface area contributed by atoms with Gasteiger partial charge in [-0.2, -0.15) is 5.10 Å². The van der Waals surface area contributed by atoms with E-state index in [0.29, 0.717) is 59.3 Å². The summed E-state index contributed by atoms with van der Waals surface area (Å²) in [6.07, 6.45) is 0.320. The second kappa shape index (κ2) is 13.1. The number of alkyl halides is 3. The highest BCUT2D eigenvalue weighted by molar-refractivity contribution is 7.13. The van der Waals surface area contributed by atoms with Crippen molar-refractivity contribution in [2.75, 3.05) is 36.4 Å². The van der Waals surface area contributed by atoms with Crippen LogP contribution < -0.4 is 10.2 Å². The van der Waals surface area contributed by atoms with Gasteiger partial charge in [-0.1, -0.05) is 12.1 Å². The van der Waals surface area contributed by atoms with Crippen LogP contribution in [0.15, 0.2) is 54.4 Å². The molecular formula is C35H37F3N8O3S. The molecule has 0 radical (unpaired) electrons. The van der Waals surface area contributed by atoms with E-state index in [9.17, 15) is 22.8 Å². The fourth-order valence-corrected chi connectivity index (χ4v) is 7.17. The van der Waals surface area contributed by atoms with E-state index in [1.54, 1.807) is 21.0 Å². The lowest BCUT2D eigenvalue weighted by atomic mass is 9.95. The van der Waals surface area contributed by atoms with Crippen LogP contribution in [0.25, 0.3) is 22.0 Å². The van der Waals surface area contributed by atoms with E-state index >= 15 is 0 Å². The van der Waals surface area contributed by atoms with E-state index in [0.717, 1.165) is 11.3 Å². The van der Waals surface area contributed by atoms with Gasteiger partial charge in [-0.05, 0) is 62.6 Å². The van der Waals surface area contributed by atoms with E-state index in [1.807, 2.05) is 52.0 Å². The molecule has 15 heteroatoms. The Hall–Kier alpha value is -4.92. The number of halogens is 3. The van der Waals surface area contributed by atoms with Gasteiger partial charge in [0, 0.05) is 72.7 Å². The van der Waals surface area contributed by atoms with Crippen molar-refractivity contribution in [3.8, 4) is 11.1 Å². The van der Waals surface area contributed by atoms with Gasteiger partial charge >= 0.3 is 6.09 Å². The molecule has 262 valence electrons. The molecule has 2 aromatic carbocycles. The molecule has 1 unspecified atom stereocenters. The Kier molecular flexibility index (Phi) is 8.78. The fourth-order valence-electron chi connectivity index (χ4n) is 6.63. The van der Waals surface area contributed by atoms with Crippen LogP contribution in [0.1, 0.15) is 55.8 Å². The number of hydrogen-bond donors (Lipinski definition) is 1. The van der Waals surface area contributed by atoms with Gasteiger partial charge in [-0.3, -0.25) is 14.8 Å². The van der Waals surface area contributed by atoms with Crippen molar-refractivity contribution < 1.29 is 27.5 Å². The summed E-state index contributed by atoms with van der Waals surface area (Å²) in [6.45, 7) is 9.76. The maximum Gasteiger partial charge on any atom is 0.410 e. The van der Waals surface area contributed by atoms with Crippen LogP contribution in [0.3, 0.4) is 0 Å². The minimum atomic E-state index is -2.82. The normalized spacial score (nSPS) is 17.0. The fraction of sp³-hybridized carbons (Fsp3) is 0.400. The quantitative estimate of drug-likeness (QED) is 0.199. The van der Waals surface area contributed by atoms with E-state index in [4.69, 9.17) is 9.84 Å². The van der Waals surface area contributed by atoms with Crippen molar-refractivity contribution in [2.24, 2.45) is 0 Å². The third-order valence-electron chi connectivity index (χ3n) is 9.03. The lowest BCUT2D eigenvalue weighted by Crippen LogP contribution is -2.50. The number of thiazole rings is 1. The Labute approximate surface area is 290 Å². The van der Waals surface area contributed by atoms with Crippen LogP contribution in [0.4, 0.5) is 28.8 Å². The van der Waals surface area contributed by atoms with Gasteiger partial charge in [-0.25, -0.2) is 27.9 Å². The smallest absolute Gasteiger partial charge is 0.410 e. The van der Waals surface area contributed by atoms with E-state index in [-0.39, 0.29) is 30.0 Å². The molecule has 0 bridgehead atoms. The summed E-state index contributed by atoms with van der Waals surface area (Å²) in [7, 11) is 0. The van der Waals surface area contributed by atoms with Gasteiger partial charge in [-0.15, -0.1) is 11.3 Å². The first-order chi connectivity index (χ1) is 23.9. The third kappa shape index (κ3) is 6.53. The van der Waals surface area contributed by atoms with Gasteiger partial charge in [0.2, 0.25) is 0 Å². The van der Waals surface area contributed by atoms with Crippen molar-refractivity contribution in [1.29, 1.82) is 0 Å². The molecule has 3 aromatic heterocycles. The molecule has 0 spiro atoms. The van der Waals surface area contributed by atoms with Crippen molar-refractivity contribution in [1.82, 2.24) is 29.2 Å². The van der Waals surface area contributed by atoms with Gasteiger partial charge in [0.25, 0.3) is 12.3 Å². The lowest BCUT2D eigenvalue weighted by molar-refractivity contribution is -0.118. The van der Waals surface area contributed by atoms with Crippen LogP contribution in [-0.4, -0.2) is 79.2 Å². The number of benzene rings is 2. The molecule has 11 nitrogen and oxygen atoms in total. The average Bonchev–Trinajstić information content (AvgIpc) is 3.88. The van der Waals surface area contributed by atoms with Gasteiger partial charge < -0.3 is 19.1 Å². The number of fused-ring (bicyclic) bond motifs is 2. The SMILES string of the molecule is Cc1c(-c2ccc(N3CCN(C(=O)OC(C)(C)C)CC3)cc2)cc(C(F)F)c2cn(C(C(=O)Nc3nccs3)c3ncn4c3C[C@@H](F)C4)nc12. The van der Waals surface area contributed by atoms with Crippen LogP contribution >= 0.6 is 11.3 Å². The Morgan fingerprint density at radius 3 is 2.48 bits per heavy atom. The zero-order valence-corrected chi connectivity index (χ0v) is 28.9. The summed E-state index contributed by atoms with van der Waals surface area (Å²) in [6, 6.07) is 7.99. The summed E-state index contributed by atoms with van der Waals surface area (Å²) in [5, 5.41) is 9.81. The maximum absolute atomic E-state index is 14.7. The standard InChI is InChI=1S/C35H37F3N8O3S/c1-20-24(21-5-7-23(8-6-21)43-10-12-44(13-11-43)34(48)49-35(2,3)4)16-25(31(37)38)26-18-46(42-28(20)26)30(32(47)41-33-39-9-14-50-33)29-27-15-22(36)17-45(27)19-40-29/h5-9,14,16,18-19,22,30-31H,10-13,15,17H2,1-4H3,(H,39,41,47)/t22-,30?/m1/s1. The number of nitrogens with zero attached hydrogens (tertiary/aromatic N) is 7. The van der Waals surface area contributed by atoms with Crippen LogP contribution in [0.2, 0.25) is 0 Å². The summed E-state index contributed by atoms with van der Waals surface area (Å²) < 4.78 is 52.3. The number of ether oxygens (including phenoxy) is 1. The number of rotatable bonds is 7. The van der Waals surface area contributed by atoms with Gasteiger partial charge in [0.05, 0.1) is 24.1 Å². The molecule has 2 aliphatic rings. The topological polar surface area (TPSA) is 110 Å². The minimum Gasteiger partial charge on any atom is -0.444 e. The highest BCUT2D eigenvalue weighted by atomic mass is 32.1. The number of amides is 2. The number of aromatic nitrogens is 5. The Morgan fingerprint density at radius 2 is 1.82 bits per heavy atom. The van der Waals surface area contributed by atoms with Crippen molar-refractivity contribution in [2.45, 2.75) is 64.9 Å². The first-order valence-corrected chi connectivity index (χ1v) is 17.3. The molecule has 1 N–H and O–H groups in total. The van der Waals surface area contributed by atoms with Gasteiger partial charge in [0.1, 0.15) is 11.8 Å². The van der Waals surface area contributed by atoms with Crippen LogP contribution in [0.5, 0.6) is 0 Å². The molecule has 0 saturated carbocycles. The predicted octanol–water partition coefficient (Wildman–Crippen LogP) is 6.78. The summed E-state index contributed by atoms with van der Waals surface area (Å²) in [4.78, 5) is 38.8. The number of imidazole rings is 1. The molecule has 7 rings (SSSR count). The molecule has 50 heavy (non-hydrogen) atoms. The number of piperazine rings is 1. The summed E-state index contributed by atoms with van der Waals surface area (Å²) in [5.74, 6) is -0.518. The van der Waals surface area contributed by atoms with Crippen LogP contribution in [-0.2, 0) is 22.5 Å². The van der Waals surface area contributed by atoms with Crippen molar-refractivity contribution >= 4 is 45.1 Å². The maximum atomic E-state index is 14.7. The Morgan fingerprint density at radius 1 is 1.08 bits per heavy atom. The first kappa shape index (κ1) is 33.6. The molecule has 5 heterocycles. The number of anilines is 2. The molecule has 1 saturated heterocycles. The lowest BCUT2D eigenvalue weighted by Gasteiger charge is -2.36. The minimum absolute atomic E-state index is 0.0814. The largest absolute Gasteiger partial charge is 0.444 e. The van der Waals surface area contributed by atoms with E-state index < -0.39 is 30.1 Å². The molecule has 2 aliphatic heterocycles. The van der Waals surface area contributed by atoms with E-state index in [2.05, 4.69) is 20.2 Å². The predicted molar refractivity (Wildman–Crippen MR) is 185 cm³/mol. The second-order valence-electron chi connectivity index (χ2n) is 13.6. The summed E-state index contributed by atoms with van der Waals surface area (Å²) >= 11 is 1.23. The number of hydrogen-bond acceptors (Lipinski definition) is 8. The molecular weight excluding hydrogens is 669 g/mol.